The topological polar surface area (TPSA) is 45.9 Å². The Balaban J connectivity index is 2.71. The molecule has 3 nitrogen and oxygen atoms in total. The van der Waals surface area contributed by atoms with Crippen LogP contribution in [0.15, 0.2) is 23.2 Å². The molecule has 0 aliphatic carbocycles. The Hall–Kier alpha value is -1.73. The molecule has 0 saturated heterocycles. The molecule has 0 unspecified atom stereocenters. The summed E-state index contributed by atoms with van der Waals surface area (Å²) in [5.74, 6) is 1.83. The molecule has 0 saturated carbocycles. The Morgan fingerprint density at radius 3 is 2.83 bits per heavy atom. The average molecular weight is 258 g/mol. The van der Waals surface area contributed by atoms with Crippen molar-refractivity contribution >= 4 is 22.7 Å². The Morgan fingerprint density at radius 1 is 1.44 bits per heavy atom. The third-order valence-corrected chi connectivity index (χ3v) is 3.76. The van der Waals surface area contributed by atoms with E-state index in [1.54, 1.807) is 25.1 Å². The van der Waals surface area contributed by atoms with Gasteiger partial charge in [-0.2, -0.15) is 5.26 Å². The predicted octanol–water partition coefficient (Wildman–Crippen LogP) is 3.54. The van der Waals surface area contributed by atoms with Crippen LogP contribution in [0.1, 0.15) is 18.1 Å². The number of fused-ring (bicyclic) bond motifs is 1. The molecule has 92 valence electrons. The maximum absolute atomic E-state index is 9.02. The number of rotatable bonds is 3. The van der Waals surface area contributed by atoms with Crippen molar-refractivity contribution in [1.82, 2.24) is 4.98 Å². The maximum atomic E-state index is 9.02. The number of thioether (sulfide) groups is 1. The number of aromatic nitrogens is 1. The van der Waals surface area contributed by atoms with Crippen molar-refractivity contribution in [2.24, 2.45) is 0 Å². The van der Waals surface area contributed by atoms with Crippen LogP contribution in [-0.2, 0) is 0 Å². The smallest absolute Gasteiger partial charge is 0.133 e. The lowest BCUT2D eigenvalue weighted by molar-refractivity contribution is 0.405. The van der Waals surface area contributed by atoms with E-state index < -0.39 is 0 Å². The fourth-order valence-electron chi connectivity index (χ4n) is 1.87. The van der Waals surface area contributed by atoms with Crippen molar-refractivity contribution in [2.75, 3.05) is 12.9 Å². The van der Waals surface area contributed by atoms with Gasteiger partial charge in [0.1, 0.15) is 11.8 Å². The monoisotopic (exact) mass is 258 g/mol. The minimum absolute atomic E-state index is 0.612. The van der Waals surface area contributed by atoms with Crippen molar-refractivity contribution in [2.45, 2.75) is 18.7 Å². The molecule has 1 aromatic heterocycles. The van der Waals surface area contributed by atoms with E-state index in [9.17, 15) is 0 Å². The molecule has 2 rings (SSSR count). The predicted molar refractivity (Wildman–Crippen MR) is 74.1 cm³/mol. The van der Waals surface area contributed by atoms with Gasteiger partial charge in [0.05, 0.1) is 23.1 Å². The van der Waals surface area contributed by atoms with E-state index in [4.69, 9.17) is 10.00 Å². The minimum atomic E-state index is 0.612. The summed E-state index contributed by atoms with van der Waals surface area (Å²) < 4.78 is 5.40. The highest BCUT2D eigenvalue weighted by Crippen LogP contribution is 2.34. The minimum Gasteiger partial charge on any atom is -0.496 e. The number of aryl methyl sites for hydroxylation is 1. The van der Waals surface area contributed by atoms with E-state index in [1.165, 1.54) is 0 Å². The number of methoxy groups -OCH3 is 1. The van der Waals surface area contributed by atoms with Gasteiger partial charge in [-0.05, 0) is 30.4 Å². The van der Waals surface area contributed by atoms with E-state index in [-0.39, 0.29) is 0 Å². The van der Waals surface area contributed by atoms with Gasteiger partial charge in [0.25, 0.3) is 0 Å². The quantitative estimate of drug-likeness (QED) is 0.790. The first-order valence-electron chi connectivity index (χ1n) is 5.71. The maximum Gasteiger partial charge on any atom is 0.133 e. The average Bonchev–Trinajstić information content (AvgIpc) is 2.39. The van der Waals surface area contributed by atoms with Gasteiger partial charge in [-0.3, -0.25) is 4.98 Å². The summed E-state index contributed by atoms with van der Waals surface area (Å²) in [6, 6.07) is 6.15. The molecular weight excluding hydrogens is 244 g/mol. The van der Waals surface area contributed by atoms with E-state index in [0.29, 0.717) is 5.56 Å². The molecule has 2 aromatic rings. The molecule has 0 spiro atoms. The number of nitriles is 1. The zero-order valence-electron chi connectivity index (χ0n) is 10.7. The number of nitrogens with zero attached hydrogens (tertiary/aromatic N) is 2. The largest absolute Gasteiger partial charge is 0.496 e. The van der Waals surface area contributed by atoms with Crippen molar-refractivity contribution < 1.29 is 4.74 Å². The molecule has 18 heavy (non-hydrogen) atoms. The number of pyridine rings is 1. The standard InChI is InChI=1S/C14H14N2OS/c1-4-18-14-6-12-11(5-13(14)17-3)9(2)10(7-15)8-16-12/h5-6,8H,4H2,1-3H3. The molecule has 0 amide bonds. The second-order valence-corrected chi connectivity index (χ2v) is 5.17. The van der Waals surface area contributed by atoms with E-state index in [0.717, 1.165) is 32.9 Å². The summed E-state index contributed by atoms with van der Waals surface area (Å²) in [5.41, 5.74) is 2.47. The van der Waals surface area contributed by atoms with Crippen molar-refractivity contribution in [3.63, 3.8) is 0 Å². The molecule has 0 fully saturated rings. The van der Waals surface area contributed by atoms with Gasteiger partial charge < -0.3 is 4.74 Å². The van der Waals surface area contributed by atoms with Gasteiger partial charge >= 0.3 is 0 Å². The fourth-order valence-corrected chi connectivity index (χ4v) is 2.66. The summed E-state index contributed by atoms with van der Waals surface area (Å²) in [4.78, 5) is 5.43. The summed E-state index contributed by atoms with van der Waals surface area (Å²) in [7, 11) is 1.66. The van der Waals surface area contributed by atoms with Gasteiger partial charge in [-0.15, -0.1) is 11.8 Å². The SMILES string of the molecule is CCSc1cc2ncc(C#N)c(C)c2cc1OC. The van der Waals surface area contributed by atoms with Crippen LogP contribution in [-0.4, -0.2) is 17.8 Å². The number of hydrogen-bond acceptors (Lipinski definition) is 4. The van der Waals surface area contributed by atoms with E-state index in [2.05, 4.69) is 18.0 Å². The van der Waals surface area contributed by atoms with Crippen LogP contribution >= 0.6 is 11.8 Å². The number of benzene rings is 1. The molecule has 4 heteroatoms. The van der Waals surface area contributed by atoms with Crippen LogP contribution in [0.2, 0.25) is 0 Å². The first-order chi connectivity index (χ1) is 8.71. The van der Waals surface area contributed by atoms with Crippen molar-refractivity contribution in [3.05, 3.63) is 29.5 Å². The number of ether oxygens (including phenoxy) is 1. The first-order valence-corrected chi connectivity index (χ1v) is 6.70. The summed E-state index contributed by atoms with van der Waals surface area (Å²) in [5, 5.41) is 10.00. The van der Waals surface area contributed by atoms with Crippen LogP contribution in [0.3, 0.4) is 0 Å². The highest BCUT2D eigenvalue weighted by atomic mass is 32.2. The molecule has 0 aliphatic rings. The molecular formula is C14H14N2OS. The lowest BCUT2D eigenvalue weighted by Gasteiger charge is -2.10. The van der Waals surface area contributed by atoms with Gasteiger partial charge in [-0.25, -0.2) is 0 Å². The first kappa shape index (κ1) is 12.7. The van der Waals surface area contributed by atoms with Crippen molar-refractivity contribution in [3.8, 4) is 11.8 Å². The van der Waals surface area contributed by atoms with Crippen LogP contribution < -0.4 is 4.74 Å². The zero-order chi connectivity index (χ0) is 13.1. The molecule has 0 aliphatic heterocycles. The normalized spacial score (nSPS) is 10.3. The van der Waals surface area contributed by atoms with Crippen LogP contribution in [0.4, 0.5) is 0 Å². The summed E-state index contributed by atoms with van der Waals surface area (Å²) in [6.07, 6.45) is 1.63. The third kappa shape index (κ3) is 2.14. The van der Waals surface area contributed by atoms with Crippen LogP contribution in [0.5, 0.6) is 5.75 Å². The summed E-state index contributed by atoms with van der Waals surface area (Å²) >= 11 is 1.73. The molecule has 0 bridgehead atoms. The molecule has 1 aromatic carbocycles. The lowest BCUT2D eigenvalue weighted by Crippen LogP contribution is -1.92. The molecule has 0 N–H and O–H groups in total. The zero-order valence-corrected chi connectivity index (χ0v) is 11.5. The molecule has 1 heterocycles. The summed E-state index contributed by atoms with van der Waals surface area (Å²) in [6.45, 7) is 4.04. The second kappa shape index (κ2) is 5.28. The Bertz CT molecular complexity index is 632. The van der Waals surface area contributed by atoms with Gasteiger partial charge in [0.15, 0.2) is 0 Å². The Labute approximate surface area is 111 Å². The Morgan fingerprint density at radius 2 is 2.22 bits per heavy atom. The second-order valence-electron chi connectivity index (χ2n) is 3.86. The Kier molecular flexibility index (Phi) is 3.73. The van der Waals surface area contributed by atoms with Gasteiger partial charge in [-0.1, -0.05) is 6.92 Å². The molecule has 0 atom stereocenters. The fraction of sp³-hybridized carbons (Fsp3) is 0.286. The third-order valence-electron chi connectivity index (χ3n) is 2.84. The van der Waals surface area contributed by atoms with Crippen molar-refractivity contribution in [1.29, 1.82) is 5.26 Å². The molecule has 0 radical (unpaired) electrons. The van der Waals surface area contributed by atoms with E-state index in [1.807, 2.05) is 19.1 Å². The van der Waals surface area contributed by atoms with E-state index >= 15 is 0 Å². The highest BCUT2D eigenvalue weighted by molar-refractivity contribution is 7.99. The van der Waals surface area contributed by atoms with Crippen LogP contribution in [0.25, 0.3) is 10.9 Å². The number of hydrogen-bond donors (Lipinski definition) is 0. The van der Waals surface area contributed by atoms with Crippen LogP contribution in [0, 0.1) is 18.3 Å². The lowest BCUT2D eigenvalue weighted by atomic mass is 10.1. The van der Waals surface area contributed by atoms with Gasteiger partial charge in [0, 0.05) is 11.6 Å². The highest BCUT2D eigenvalue weighted by Gasteiger charge is 2.10. The van der Waals surface area contributed by atoms with Gasteiger partial charge in [0.2, 0.25) is 0 Å².